The van der Waals surface area contributed by atoms with Crippen molar-refractivity contribution < 1.29 is 18.7 Å². The van der Waals surface area contributed by atoms with E-state index in [1.54, 1.807) is 24.5 Å². The maximum atomic E-state index is 13.1. The smallest absolute Gasteiger partial charge is 0.289 e. The summed E-state index contributed by atoms with van der Waals surface area (Å²) in [6.07, 6.45) is 4.77. The van der Waals surface area contributed by atoms with Gasteiger partial charge in [-0.05, 0) is 65.9 Å². The normalized spacial score (nSPS) is 14.7. The van der Waals surface area contributed by atoms with Crippen molar-refractivity contribution >= 4 is 22.9 Å². The van der Waals surface area contributed by atoms with Gasteiger partial charge in [-0.2, -0.15) is 0 Å². The molecule has 1 saturated heterocycles. The molecule has 2 aromatic carbocycles. The molecule has 1 fully saturated rings. The van der Waals surface area contributed by atoms with E-state index in [1.165, 1.54) is 17.0 Å². The second-order valence-electron chi connectivity index (χ2n) is 7.21. The Kier molecular flexibility index (Phi) is 6.62. The van der Waals surface area contributed by atoms with Crippen molar-refractivity contribution in [1.82, 2.24) is 9.88 Å². The summed E-state index contributed by atoms with van der Waals surface area (Å²) in [5.74, 6) is 0.374. The Morgan fingerprint density at radius 2 is 1.61 bits per heavy atom. The molecule has 7 heteroatoms. The molecule has 0 bridgehead atoms. The van der Waals surface area contributed by atoms with Crippen LogP contribution in [0.15, 0.2) is 73.1 Å². The largest absolute Gasteiger partial charge is 0.491 e. The van der Waals surface area contributed by atoms with Gasteiger partial charge in [-0.3, -0.25) is 19.5 Å². The number of benzene rings is 2. The van der Waals surface area contributed by atoms with Gasteiger partial charge in [-0.25, -0.2) is 4.39 Å². The average Bonchev–Trinajstić information content (AvgIpc) is 3.13. The van der Waals surface area contributed by atoms with Crippen molar-refractivity contribution in [1.29, 1.82) is 0 Å². The van der Waals surface area contributed by atoms with Gasteiger partial charge < -0.3 is 4.74 Å². The highest BCUT2D eigenvalue weighted by atomic mass is 32.2. The Balaban J connectivity index is 1.43. The fourth-order valence-corrected chi connectivity index (χ4v) is 4.24. The Labute approximate surface area is 184 Å². The number of rotatable bonds is 8. The minimum absolute atomic E-state index is 0.176. The second-order valence-corrected chi connectivity index (χ2v) is 8.14. The van der Waals surface area contributed by atoms with E-state index in [9.17, 15) is 14.0 Å². The van der Waals surface area contributed by atoms with Crippen LogP contribution in [-0.4, -0.2) is 39.4 Å². The molecule has 1 atom stereocenters. The molecule has 1 aliphatic rings. The molecular weight excluding hydrogens is 415 g/mol. The maximum Gasteiger partial charge on any atom is 0.289 e. The number of hydrogen-bond donors (Lipinski definition) is 0. The number of ether oxygens (including phenoxy) is 1. The Bertz CT molecular complexity index is 1030. The molecule has 3 aromatic rings. The quantitative estimate of drug-likeness (QED) is 0.499. The topological polar surface area (TPSA) is 59.5 Å². The van der Waals surface area contributed by atoms with E-state index in [1.807, 2.05) is 36.4 Å². The number of imide groups is 1. The fourth-order valence-electron chi connectivity index (χ4n) is 3.47. The summed E-state index contributed by atoms with van der Waals surface area (Å²) < 4.78 is 19.1. The summed E-state index contributed by atoms with van der Waals surface area (Å²) in [4.78, 5) is 29.9. The monoisotopic (exact) mass is 436 g/mol. The standard InChI is InChI=1S/C24H21FN2O3S/c25-20-6-2-18(3-7-20)19-4-9-22(10-5-19)30-15-21(27-23(28)16-31-24(27)29)8-1-17-11-13-26-14-12-17/h2-7,9-14,21H,1,8,15-16H2. The summed E-state index contributed by atoms with van der Waals surface area (Å²) in [6, 6.07) is 17.3. The third kappa shape index (κ3) is 5.30. The van der Waals surface area contributed by atoms with Crippen LogP contribution in [0.2, 0.25) is 0 Å². The van der Waals surface area contributed by atoms with Crippen LogP contribution >= 0.6 is 11.8 Å². The number of carbonyl (C=O) groups excluding carboxylic acids is 2. The molecule has 1 unspecified atom stereocenters. The second kappa shape index (κ2) is 9.75. The van der Waals surface area contributed by atoms with Gasteiger partial charge >= 0.3 is 0 Å². The number of aromatic nitrogens is 1. The number of carbonyl (C=O) groups is 2. The number of hydrogen-bond acceptors (Lipinski definition) is 5. The van der Waals surface area contributed by atoms with E-state index in [-0.39, 0.29) is 35.4 Å². The van der Waals surface area contributed by atoms with Crippen molar-refractivity contribution in [3.05, 3.63) is 84.4 Å². The molecule has 0 spiro atoms. The molecule has 0 saturated carbocycles. The highest BCUT2D eigenvalue weighted by Gasteiger charge is 2.36. The highest BCUT2D eigenvalue weighted by molar-refractivity contribution is 8.14. The van der Waals surface area contributed by atoms with Crippen LogP contribution in [0.25, 0.3) is 11.1 Å². The molecule has 1 aromatic heterocycles. The van der Waals surface area contributed by atoms with E-state index in [4.69, 9.17) is 4.74 Å². The summed E-state index contributed by atoms with van der Waals surface area (Å²) in [6.45, 7) is 0.221. The van der Waals surface area contributed by atoms with Crippen LogP contribution in [0.5, 0.6) is 5.75 Å². The van der Waals surface area contributed by atoms with Gasteiger partial charge in [0, 0.05) is 12.4 Å². The molecule has 158 valence electrons. The first-order chi connectivity index (χ1) is 15.1. The third-order valence-electron chi connectivity index (χ3n) is 5.14. The van der Waals surface area contributed by atoms with Crippen LogP contribution in [0, 0.1) is 5.82 Å². The van der Waals surface area contributed by atoms with Crippen molar-refractivity contribution in [3.63, 3.8) is 0 Å². The summed E-state index contributed by atoms with van der Waals surface area (Å²) >= 11 is 1.03. The van der Waals surface area contributed by atoms with Crippen LogP contribution in [0.4, 0.5) is 9.18 Å². The van der Waals surface area contributed by atoms with Gasteiger partial charge in [0.1, 0.15) is 18.2 Å². The van der Waals surface area contributed by atoms with Crippen LogP contribution in [0.1, 0.15) is 12.0 Å². The third-order valence-corrected chi connectivity index (χ3v) is 5.97. The summed E-state index contributed by atoms with van der Waals surface area (Å²) in [7, 11) is 0. The molecule has 31 heavy (non-hydrogen) atoms. The van der Waals surface area contributed by atoms with Crippen LogP contribution in [-0.2, 0) is 11.2 Å². The van der Waals surface area contributed by atoms with E-state index in [0.29, 0.717) is 18.6 Å². The lowest BCUT2D eigenvalue weighted by molar-refractivity contribution is -0.126. The predicted octanol–water partition coefficient (Wildman–Crippen LogP) is 4.96. The number of aryl methyl sites for hydroxylation is 1. The maximum absolute atomic E-state index is 13.1. The summed E-state index contributed by atoms with van der Waals surface area (Å²) in [5.41, 5.74) is 2.95. The van der Waals surface area contributed by atoms with Crippen molar-refractivity contribution in [3.8, 4) is 16.9 Å². The highest BCUT2D eigenvalue weighted by Crippen LogP contribution is 2.26. The van der Waals surface area contributed by atoms with Gasteiger partial charge in [0.2, 0.25) is 5.91 Å². The molecule has 4 rings (SSSR count). The molecule has 0 aliphatic carbocycles. The Morgan fingerprint density at radius 3 is 2.23 bits per heavy atom. The van der Waals surface area contributed by atoms with Gasteiger partial charge in [-0.15, -0.1) is 0 Å². The first-order valence-corrected chi connectivity index (χ1v) is 11.0. The number of amides is 2. The zero-order chi connectivity index (χ0) is 21.6. The summed E-state index contributed by atoms with van der Waals surface area (Å²) in [5, 5.41) is -0.222. The van der Waals surface area contributed by atoms with Crippen molar-refractivity contribution in [2.45, 2.75) is 18.9 Å². The number of nitrogens with zero attached hydrogens (tertiary/aromatic N) is 2. The zero-order valence-electron chi connectivity index (χ0n) is 16.7. The zero-order valence-corrected chi connectivity index (χ0v) is 17.6. The first kappa shape index (κ1) is 21.1. The van der Waals surface area contributed by atoms with Crippen molar-refractivity contribution in [2.24, 2.45) is 0 Å². The fraction of sp³-hybridized carbons (Fsp3) is 0.208. The SMILES string of the molecule is O=C1CSC(=O)N1C(CCc1ccncc1)COc1ccc(-c2ccc(F)cc2)cc1. The molecular formula is C24H21FN2O3S. The predicted molar refractivity (Wildman–Crippen MR) is 118 cm³/mol. The lowest BCUT2D eigenvalue weighted by Crippen LogP contribution is -2.43. The van der Waals surface area contributed by atoms with Gasteiger partial charge in [0.25, 0.3) is 5.24 Å². The molecule has 0 N–H and O–H groups in total. The number of thioether (sulfide) groups is 1. The number of pyridine rings is 1. The van der Waals surface area contributed by atoms with E-state index in [2.05, 4.69) is 4.98 Å². The van der Waals surface area contributed by atoms with Crippen LogP contribution in [0.3, 0.4) is 0 Å². The molecule has 1 aliphatic heterocycles. The van der Waals surface area contributed by atoms with Gasteiger partial charge in [0.05, 0.1) is 11.8 Å². The lowest BCUT2D eigenvalue weighted by atomic mass is 10.1. The molecule has 2 heterocycles. The van der Waals surface area contributed by atoms with Crippen molar-refractivity contribution in [2.75, 3.05) is 12.4 Å². The van der Waals surface area contributed by atoms with E-state index in [0.717, 1.165) is 28.5 Å². The average molecular weight is 437 g/mol. The van der Waals surface area contributed by atoms with Gasteiger partial charge in [-0.1, -0.05) is 36.0 Å². The Morgan fingerprint density at radius 1 is 0.968 bits per heavy atom. The number of halogens is 1. The van der Waals surface area contributed by atoms with Gasteiger partial charge in [0.15, 0.2) is 0 Å². The minimum atomic E-state index is -0.347. The first-order valence-electron chi connectivity index (χ1n) is 9.96. The Hall–Kier alpha value is -3.19. The molecule has 5 nitrogen and oxygen atoms in total. The minimum Gasteiger partial charge on any atom is -0.491 e. The van der Waals surface area contributed by atoms with E-state index < -0.39 is 0 Å². The lowest BCUT2D eigenvalue weighted by Gasteiger charge is -2.25. The molecule has 2 amide bonds. The molecule has 0 radical (unpaired) electrons. The van der Waals surface area contributed by atoms with Crippen LogP contribution < -0.4 is 4.74 Å². The van der Waals surface area contributed by atoms with E-state index >= 15 is 0 Å².